The van der Waals surface area contributed by atoms with Gasteiger partial charge in [-0.2, -0.15) is 0 Å². The highest BCUT2D eigenvalue weighted by Crippen LogP contribution is 2.33. The van der Waals surface area contributed by atoms with E-state index in [1.54, 1.807) is 13.8 Å². The SMILES string of the molecule is C=C(C)C(=O)OCCc1cc(-c2ccc(-c3ccc(CCCC)cc3)cc2CCOC(=O)CC)ccc1OCCC(CO)CO. The highest BCUT2D eigenvalue weighted by Gasteiger charge is 2.14. The number of ether oxygens (including phenoxy) is 3. The van der Waals surface area contributed by atoms with Gasteiger partial charge in [0.25, 0.3) is 0 Å². The zero-order chi connectivity index (χ0) is 32.6. The number of benzene rings is 3. The molecule has 3 aromatic carbocycles. The Bertz CT molecular complexity index is 1390. The zero-order valence-electron chi connectivity index (χ0n) is 27.0. The minimum atomic E-state index is -0.444. The zero-order valence-corrected chi connectivity index (χ0v) is 27.0. The summed E-state index contributed by atoms with van der Waals surface area (Å²) in [7, 11) is 0. The van der Waals surface area contributed by atoms with Crippen LogP contribution in [-0.2, 0) is 38.3 Å². The standard InChI is InChI=1S/C38H48O7/c1-5-7-8-28-9-11-30(12-10-28)31-13-15-35(33(23-31)18-21-44-37(41)6-2)32-14-16-36(43-20-17-29(25-39)26-40)34(24-32)19-22-45-38(42)27(3)4/h9-16,23-24,29,39-40H,3,5-8,17-22,25-26H2,1-2,4H3. The van der Waals surface area contributed by atoms with Gasteiger partial charge in [-0.05, 0) is 77.3 Å². The maximum Gasteiger partial charge on any atom is 0.333 e. The largest absolute Gasteiger partial charge is 0.493 e. The molecule has 0 fully saturated rings. The second-order valence-corrected chi connectivity index (χ2v) is 11.4. The Hall–Kier alpha value is -3.94. The fraction of sp³-hybridized carbons (Fsp3) is 0.421. The van der Waals surface area contributed by atoms with Crippen molar-refractivity contribution in [3.05, 3.63) is 89.5 Å². The Morgan fingerprint density at radius 3 is 2.09 bits per heavy atom. The van der Waals surface area contributed by atoms with E-state index in [-0.39, 0.29) is 38.3 Å². The number of hydrogen-bond acceptors (Lipinski definition) is 7. The molecule has 0 atom stereocenters. The van der Waals surface area contributed by atoms with Gasteiger partial charge in [-0.3, -0.25) is 4.79 Å². The van der Waals surface area contributed by atoms with E-state index in [0.717, 1.165) is 46.2 Å². The first-order valence-corrected chi connectivity index (χ1v) is 16.0. The fourth-order valence-electron chi connectivity index (χ4n) is 4.92. The van der Waals surface area contributed by atoms with Crippen molar-refractivity contribution in [1.29, 1.82) is 0 Å². The summed E-state index contributed by atoms with van der Waals surface area (Å²) < 4.78 is 16.9. The Morgan fingerprint density at radius 2 is 1.42 bits per heavy atom. The molecule has 0 saturated heterocycles. The lowest BCUT2D eigenvalue weighted by molar-refractivity contribution is -0.143. The average molecular weight is 617 g/mol. The van der Waals surface area contributed by atoms with E-state index in [0.29, 0.717) is 43.6 Å². The number of aliphatic hydroxyl groups excluding tert-OH is 2. The van der Waals surface area contributed by atoms with Crippen LogP contribution in [0.3, 0.4) is 0 Å². The van der Waals surface area contributed by atoms with Crippen LogP contribution in [0.5, 0.6) is 5.75 Å². The van der Waals surface area contributed by atoms with Crippen molar-refractivity contribution in [3.8, 4) is 28.0 Å². The summed E-state index contributed by atoms with van der Waals surface area (Å²) in [5, 5.41) is 18.8. The van der Waals surface area contributed by atoms with Gasteiger partial charge in [0.1, 0.15) is 5.75 Å². The normalized spacial score (nSPS) is 11.0. The molecule has 0 saturated carbocycles. The van der Waals surface area contributed by atoms with Crippen molar-refractivity contribution in [3.63, 3.8) is 0 Å². The molecular formula is C38H48O7. The van der Waals surface area contributed by atoms with Crippen LogP contribution in [0.1, 0.15) is 63.1 Å². The molecule has 45 heavy (non-hydrogen) atoms. The van der Waals surface area contributed by atoms with E-state index >= 15 is 0 Å². The maximum absolute atomic E-state index is 12.0. The minimum Gasteiger partial charge on any atom is -0.493 e. The van der Waals surface area contributed by atoms with Crippen molar-refractivity contribution < 1.29 is 34.0 Å². The smallest absolute Gasteiger partial charge is 0.333 e. The molecule has 3 aromatic rings. The van der Waals surface area contributed by atoms with Gasteiger partial charge in [0.2, 0.25) is 0 Å². The Kier molecular flexibility index (Phi) is 14.8. The summed E-state index contributed by atoms with van der Waals surface area (Å²) in [6.45, 7) is 9.78. The van der Waals surface area contributed by atoms with Crippen molar-refractivity contribution in [2.24, 2.45) is 5.92 Å². The molecule has 2 N–H and O–H groups in total. The van der Waals surface area contributed by atoms with Crippen LogP contribution in [0.4, 0.5) is 0 Å². The van der Waals surface area contributed by atoms with Gasteiger partial charge in [0.05, 0.1) is 19.8 Å². The van der Waals surface area contributed by atoms with Gasteiger partial charge in [-0.15, -0.1) is 0 Å². The predicted molar refractivity (Wildman–Crippen MR) is 178 cm³/mol. The van der Waals surface area contributed by atoms with Crippen molar-refractivity contribution in [2.75, 3.05) is 33.0 Å². The molecule has 0 aliphatic rings. The topological polar surface area (TPSA) is 102 Å². The third-order valence-corrected chi connectivity index (χ3v) is 7.76. The third kappa shape index (κ3) is 11.2. The summed E-state index contributed by atoms with van der Waals surface area (Å²) in [5.74, 6) is -0.272. The van der Waals surface area contributed by atoms with E-state index in [9.17, 15) is 19.8 Å². The number of rotatable bonds is 19. The van der Waals surface area contributed by atoms with Crippen molar-refractivity contribution >= 4 is 11.9 Å². The molecule has 0 aliphatic carbocycles. The quantitative estimate of drug-likeness (QED) is 0.112. The molecule has 7 heteroatoms. The first-order valence-electron chi connectivity index (χ1n) is 16.0. The van der Waals surface area contributed by atoms with Gasteiger partial charge in [-0.1, -0.05) is 75.4 Å². The molecule has 0 heterocycles. The van der Waals surface area contributed by atoms with Crippen LogP contribution >= 0.6 is 0 Å². The molecule has 3 rings (SSSR count). The Morgan fingerprint density at radius 1 is 0.778 bits per heavy atom. The Labute approximate surface area is 267 Å². The van der Waals surface area contributed by atoms with E-state index in [1.807, 2.05) is 18.2 Å². The first-order chi connectivity index (χ1) is 21.8. The van der Waals surface area contributed by atoms with E-state index in [2.05, 4.69) is 56.0 Å². The lowest BCUT2D eigenvalue weighted by atomic mass is 9.92. The van der Waals surface area contributed by atoms with Crippen LogP contribution in [0.25, 0.3) is 22.3 Å². The molecule has 0 amide bonds. The van der Waals surface area contributed by atoms with Crippen LogP contribution in [0.15, 0.2) is 72.8 Å². The van der Waals surface area contributed by atoms with Crippen LogP contribution in [0.2, 0.25) is 0 Å². The van der Waals surface area contributed by atoms with Gasteiger partial charge in [-0.25, -0.2) is 4.79 Å². The number of hydrogen-bond donors (Lipinski definition) is 2. The molecule has 0 bridgehead atoms. The summed E-state index contributed by atoms with van der Waals surface area (Å²) in [5.41, 5.74) is 7.77. The molecule has 0 spiro atoms. The molecule has 0 radical (unpaired) electrons. The number of aliphatic hydroxyl groups is 2. The second-order valence-electron chi connectivity index (χ2n) is 11.4. The second kappa shape index (κ2) is 18.8. The summed E-state index contributed by atoms with van der Waals surface area (Å²) in [4.78, 5) is 23.9. The fourth-order valence-corrected chi connectivity index (χ4v) is 4.92. The lowest BCUT2D eigenvalue weighted by Gasteiger charge is -2.18. The monoisotopic (exact) mass is 616 g/mol. The van der Waals surface area contributed by atoms with Gasteiger partial charge < -0.3 is 24.4 Å². The lowest BCUT2D eigenvalue weighted by Crippen LogP contribution is -2.15. The van der Waals surface area contributed by atoms with Gasteiger partial charge in [0.15, 0.2) is 0 Å². The third-order valence-electron chi connectivity index (χ3n) is 7.76. The van der Waals surface area contributed by atoms with E-state index in [1.165, 1.54) is 12.0 Å². The Balaban J connectivity index is 1.94. The van der Waals surface area contributed by atoms with E-state index < -0.39 is 5.97 Å². The summed E-state index contributed by atoms with van der Waals surface area (Å²) >= 11 is 0. The van der Waals surface area contributed by atoms with Gasteiger partial charge >= 0.3 is 11.9 Å². The molecule has 7 nitrogen and oxygen atoms in total. The molecule has 0 aliphatic heterocycles. The molecule has 0 unspecified atom stereocenters. The first kappa shape index (κ1) is 35.5. The summed E-state index contributed by atoms with van der Waals surface area (Å²) in [6.07, 6.45) is 5.21. The molecular weight excluding hydrogens is 568 g/mol. The van der Waals surface area contributed by atoms with Crippen LogP contribution in [0, 0.1) is 5.92 Å². The number of unbranched alkanes of at least 4 members (excludes halogenated alkanes) is 1. The predicted octanol–water partition coefficient (Wildman–Crippen LogP) is 6.89. The van der Waals surface area contributed by atoms with Crippen molar-refractivity contribution in [2.45, 2.75) is 65.7 Å². The van der Waals surface area contributed by atoms with Crippen LogP contribution in [-0.4, -0.2) is 55.2 Å². The van der Waals surface area contributed by atoms with E-state index in [4.69, 9.17) is 14.2 Å². The van der Waals surface area contributed by atoms with Crippen LogP contribution < -0.4 is 4.74 Å². The molecule has 242 valence electrons. The molecule has 0 aromatic heterocycles. The number of carbonyl (C=O) groups excluding carboxylic acids is 2. The number of carbonyl (C=O) groups is 2. The maximum atomic E-state index is 12.0. The van der Waals surface area contributed by atoms with Gasteiger partial charge in [0, 0.05) is 44.0 Å². The summed E-state index contributed by atoms with van der Waals surface area (Å²) in [6, 6.07) is 21.0. The highest BCUT2D eigenvalue weighted by atomic mass is 16.5. The van der Waals surface area contributed by atoms with Crippen molar-refractivity contribution in [1.82, 2.24) is 0 Å². The minimum absolute atomic E-state index is 0.113. The number of esters is 2. The highest BCUT2D eigenvalue weighted by molar-refractivity contribution is 5.87. The number of aryl methyl sites for hydroxylation is 1. The average Bonchev–Trinajstić information content (AvgIpc) is 3.06.